The molecule has 2 aromatic carbocycles. The highest BCUT2D eigenvalue weighted by Crippen LogP contribution is 2.39. The van der Waals surface area contributed by atoms with Crippen molar-refractivity contribution in [1.82, 2.24) is 9.88 Å². The average molecular weight is 487 g/mol. The van der Waals surface area contributed by atoms with Crippen LogP contribution in [0.1, 0.15) is 23.1 Å². The summed E-state index contributed by atoms with van der Waals surface area (Å²) in [7, 11) is 4.22. The van der Waals surface area contributed by atoms with Crippen molar-refractivity contribution in [2.24, 2.45) is 4.99 Å². The number of aliphatic imine (C=N–C) groups is 1. The van der Waals surface area contributed by atoms with E-state index < -0.39 is 11.9 Å². The van der Waals surface area contributed by atoms with Crippen molar-refractivity contribution in [3.8, 4) is 0 Å². The van der Waals surface area contributed by atoms with Crippen LogP contribution in [0.2, 0.25) is 0 Å². The molecule has 0 saturated carbocycles. The molecular formula is C28H30N4O4. The Morgan fingerprint density at radius 2 is 1.61 bits per heavy atom. The molecule has 0 saturated heterocycles. The molecule has 2 N–H and O–H groups in total. The summed E-state index contributed by atoms with van der Waals surface area (Å²) >= 11 is 0. The molecule has 4 rings (SSSR count). The average Bonchev–Trinajstić information content (AvgIpc) is 2.99. The van der Waals surface area contributed by atoms with Gasteiger partial charge in [-0.05, 0) is 52.2 Å². The van der Waals surface area contributed by atoms with Gasteiger partial charge in [0.05, 0.1) is 11.4 Å². The Morgan fingerprint density at radius 1 is 0.944 bits per heavy atom. The summed E-state index contributed by atoms with van der Waals surface area (Å²) in [6.07, 6.45) is 4.02. The Bertz CT molecular complexity index is 1250. The molecule has 186 valence electrons. The fraction of sp³-hybridized carbons (Fsp3) is 0.214. The molecule has 0 radical (unpaired) electrons. The highest BCUT2D eigenvalue weighted by atomic mass is 16.4. The molecule has 1 aliphatic rings. The van der Waals surface area contributed by atoms with E-state index >= 15 is 0 Å². The summed E-state index contributed by atoms with van der Waals surface area (Å²) in [5.74, 6) is -1.59. The minimum Gasteiger partial charge on any atom is -0.478 e. The first-order valence-corrected chi connectivity index (χ1v) is 11.5. The number of carbonyl (C=O) groups is 2. The minimum atomic E-state index is -1.26. The third-order valence-electron chi connectivity index (χ3n) is 5.38. The van der Waals surface area contributed by atoms with Crippen LogP contribution in [0.3, 0.4) is 0 Å². The normalized spacial score (nSPS) is 12.2. The quantitative estimate of drug-likeness (QED) is 0.467. The number of para-hydroxylation sites is 1. The molecular weight excluding hydrogens is 456 g/mol. The molecule has 1 aromatic heterocycles. The lowest BCUT2D eigenvalue weighted by Crippen LogP contribution is -2.24. The molecule has 0 spiro atoms. The number of hydrogen-bond donors (Lipinski definition) is 2. The van der Waals surface area contributed by atoms with E-state index in [1.54, 1.807) is 0 Å². The molecule has 0 unspecified atom stereocenters. The van der Waals surface area contributed by atoms with Crippen LogP contribution in [0, 0.1) is 6.92 Å². The number of aliphatic carboxylic acids is 2. The Hall–Kier alpha value is -4.30. The van der Waals surface area contributed by atoms with Gasteiger partial charge in [0.15, 0.2) is 5.82 Å². The molecule has 8 nitrogen and oxygen atoms in total. The van der Waals surface area contributed by atoms with Gasteiger partial charge >= 0.3 is 11.9 Å². The molecule has 0 atom stereocenters. The maximum absolute atomic E-state index is 9.55. The number of nitrogens with zero attached hydrogens (tertiary/aromatic N) is 4. The van der Waals surface area contributed by atoms with Gasteiger partial charge in [0.25, 0.3) is 0 Å². The van der Waals surface area contributed by atoms with Crippen molar-refractivity contribution >= 4 is 34.8 Å². The molecule has 1 aliphatic heterocycles. The zero-order valence-corrected chi connectivity index (χ0v) is 20.6. The van der Waals surface area contributed by atoms with E-state index in [4.69, 9.17) is 20.2 Å². The predicted octanol–water partition coefficient (Wildman–Crippen LogP) is 4.67. The number of anilines is 2. The monoisotopic (exact) mass is 486 g/mol. The number of carboxylic acids is 2. The van der Waals surface area contributed by atoms with E-state index in [9.17, 15) is 9.59 Å². The van der Waals surface area contributed by atoms with E-state index in [0.29, 0.717) is 12.2 Å². The fourth-order valence-corrected chi connectivity index (χ4v) is 3.73. The second-order valence-electron chi connectivity index (χ2n) is 8.51. The van der Waals surface area contributed by atoms with Gasteiger partial charge in [-0.25, -0.2) is 19.6 Å². The Labute approximate surface area is 210 Å². The zero-order chi connectivity index (χ0) is 26.1. The summed E-state index contributed by atoms with van der Waals surface area (Å²) < 4.78 is 0. The van der Waals surface area contributed by atoms with Gasteiger partial charge in [-0.3, -0.25) is 0 Å². The first-order valence-electron chi connectivity index (χ1n) is 11.5. The summed E-state index contributed by atoms with van der Waals surface area (Å²) in [4.78, 5) is 33.4. The summed E-state index contributed by atoms with van der Waals surface area (Å²) in [5.41, 5.74) is 6.60. The lowest BCUT2D eigenvalue weighted by molar-refractivity contribution is -0.134. The highest BCUT2D eigenvalue weighted by Gasteiger charge is 2.24. The largest absolute Gasteiger partial charge is 0.478 e. The van der Waals surface area contributed by atoms with Gasteiger partial charge < -0.3 is 20.0 Å². The van der Waals surface area contributed by atoms with Crippen molar-refractivity contribution in [2.75, 3.05) is 32.1 Å². The molecule has 0 aliphatic carbocycles. The van der Waals surface area contributed by atoms with Crippen molar-refractivity contribution in [3.05, 3.63) is 95.7 Å². The molecule has 36 heavy (non-hydrogen) atoms. The molecule has 3 aromatic rings. The van der Waals surface area contributed by atoms with Crippen LogP contribution in [0.5, 0.6) is 0 Å². The number of aromatic nitrogens is 1. The van der Waals surface area contributed by atoms with E-state index in [1.165, 1.54) is 5.56 Å². The summed E-state index contributed by atoms with van der Waals surface area (Å²) in [6.45, 7) is 4.04. The zero-order valence-electron chi connectivity index (χ0n) is 20.6. The van der Waals surface area contributed by atoms with Crippen LogP contribution in [-0.2, 0) is 9.59 Å². The standard InChI is InChI=1S/C24H26N4.C4H4O4/c1-18-11-13-19(14-12-18)23-20-8-4-5-10-22(20)28(17-7-16-27(2)3)24-21(26-23)9-6-15-25-24;5-3(6)1-2-4(7)8/h4-6,8-15H,7,16-17H2,1-3H3;1-2H,(H,5,6)(H,7,8)/b;2-1+. The van der Waals surface area contributed by atoms with Gasteiger partial charge in [-0.15, -0.1) is 0 Å². The third kappa shape index (κ3) is 7.10. The number of benzene rings is 2. The van der Waals surface area contributed by atoms with Gasteiger partial charge in [0.1, 0.15) is 5.69 Å². The molecule has 0 fully saturated rings. The van der Waals surface area contributed by atoms with Crippen LogP contribution >= 0.6 is 0 Å². The predicted molar refractivity (Wildman–Crippen MR) is 142 cm³/mol. The topological polar surface area (TPSA) is 106 Å². The summed E-state index contributed by atoms with van der Waals surface area (Å²) in [5, 5.41) is 15.6. The first-order chi connectivity index (χ1) is 17.3. The third-order valence-corrected chi connectivity index (χ3v) is 5.38. The maximum Gasteiger partial charge on any atom is 0.328 e. The van der Waals surface area contributed by atoms with Crippen molar-refractivity contribution in [2.45, 2.75) is 13.3 Å². The summed E-state index contributed by atoms with van der Waals surface area (Å²) in [6, 6.07) is 21.1. The first kappa shape index (κ1) is 26.3. The van der Waals surface area contributed by atoms with Crippen LogP contribution in [0.15, 0.2) is 84.0 Å². The number of fused-ring (bicyclic) bond motifs is 2. The van der Waals surface area contributed by atoms with Gasteiger partial charge in [0, 0.05) is 36.0 Å². The smallest absolute Gasteiger partial charge is 0.328 e. The molecule has 2 heterocycles. The van der Waals surface area contributed by atoms with Crippen molar-refractivity contribution in [3.63, 3.8) is 0 Å². The lowest BCUT2D eigenvalue weighted by Gasteiger charge is -2.26. The minimum absolute atomic E-state index is 0.558. The number of hydrogen-bond acceptors (Lipinski definition) is 6. The van der Waals surface area contributed by atoms with Gasteiger partial charge in [-0.1, -0.05) is 48.0 Å². The lowest BCUT2D eigenvalue weighted by atomic mass is 9.99. The Kier molecular flexibility index (Phi) is 9.07. The number of aryl methyl sites for hydroxylation is 1. The Morgan fingerprint density at radius 3 is 2.25 bits per heavy atom. The molecule has 0 amide bonds. The van der Waals surface area contributed by atoms with E-state index in [2.05, 4.69) is 85.4 Å². The number of pyridine rings is 1. The van der Waals surface area contributed by atoms with Crippen molar-refractivity contribution in [1.29, 1.82) is 0 Å². The van der Waals surface area contributed by atoms with Crippen LogP contribution in [-0.4, -0.2) is 64.9 Å². The number of carboxylic acid groups (broad SMARTS) is 2. The second kappa shape index (κ2) is 12.4. The fourth-order valence-electron chi connectivity index (χ4n) is 3.73. The second-order valence-corrected chi connectivity index (χ2v) is 8.51. The maximum atomic E-state index is 9.55. The van der Waals surface area contributed by atoms with Gasteiger partial charge in [0.2, 0.25) is 0 Å². The van der Waals surface area contributed by atoms with Crippen LogP contribution in [0.25, 0.3) is 0 Å². The van der Waals surface area contributed by atoms with Crippen LogP contribution in [0.4, 0.5) is 17.2 Å². The molecule has 8 heteroatoms. The van der Waals surface area contributed by atoms with Crippen molar-refractivity contribution < 1.29 is 19.8 Å². The Balaban J connectivity index is 0.000000392. The van der Waals surface area contributed by atoms with E-state index in [0.717, 1.165) is 53.5 Å². The van der Waals surface area contributed by atoms with Gasteiger partial charge in [-0.2, -0.15) is 0 Å². The van der Waals surface area contributed by atoms with E-state index in [1.807, 2.05) is 12.3 Å². The van der Waals surface area contributed by atoms with Crippen LogP contribution < -0.4 is 4.90 Å². The highest BCUT2D eigenvalue weighted by molar-refractivity contribution is 6.18. The number of rotatable bonds is 7. The van der Waals surface area contributed by atoms with E-state index in [-0.39, 0.29) is 0 Å². The molecule has 0 bridgehead atoms. The SMILES string of the molecule is Cc1ccc(C2=Nc3cccnc3N(CCCN(C)C)c3ccccc32)cc1.O=C(O)/C=C/C(=O)O.